The fourth-order valence-corrected chi connectivity index (χ4v) is 1.86. The molecule has 1 amide bonds. The molecule has 112 valence electrons. The number of carbonyl (C=O) groups is 2. The van der Waals surface area contributed by atoms with Gasteiger partial charge in [-0.15, -0.1) is 0 Å². The van der Waals surface area contributed by atoms with Gasteiger partial charge in [0.15, 0.2) is 0 Å². The van der Waals surface area contributed by atoms with Crippen LogP contribution in [0.4, 0.5) is 0 Å². The molecule has 0 atom stereocenters. The van der Waals surface area contributed by atoms with E-state index in [0.717, 1.165) is 17.2 Å². The van der Waals surface area contributed by atoms with Gasteiger partial charge in [-0.2, -0.15) is 0 Å². The molecule has 0 unspecified atom stereocenters. The molecule has 2 aromatic rings. The van der Waals surface area contributed by atoms with E-state index < -0.39 is 11.7 Å². The van der Waals surface area contributed by atoms with Crippen LogP contribution in [0.5, 0.6) is 0 Å². The quantitative estimate of drug-likeness (QED) is 0.506. The van der Waals surface area contributed by atoms with Crippen molar-refractivity contribution in [2.75, 3.05) is 0 Å². The summed E-state index contributed by atoms with van der Waals surface area (Å²) in [5.74, 6) is -1.75. The lowest BCUT2D eigenvalue weighted by Crippen LogP contribution is -2.29. The zero-order chi connectivity index (χ0) is 15.9. The summed E-state index contributed by atoms with van der Waals surface area (Å²) in [4.78, 5) is 23.5. The highest BCUT2D eigenvalue weighted by Gasteiger charge is 2.12. The Labute approximate surface area is 129 Å². The fraction of sp³-hybridized carbons (Fsp3) is 0.111. The van der Waals surface area contributed by atoms with Gasteiger partial charge in [-0.25, -0.2) is 0 Å². The molecule has 0 aliphatic rings. The largest absolute Gasteiger partial charge is 0.507 e. The van der Waals surface area contributed by atoms with Gasteiger partial charge in [0.25, 0.3) is 5.91 Å². The van der Waals surface area contributed by atoms with Gasteiger partial charge in [0.05, 0.1) is 0 Å². The van der Waals surface area contributed by atoms with Gasteiger partial charge < -0.3 is 10.4 Å². The number of aliphatic hydroxyl groups excluding tert-OH is 1. The highest BCUT2D eigenvalue weighted by molar-refractivity contribution is 6.41. The number of rotatable bonds is 5. The Morgan fingerprint density at radius 1 is 1.05 bits per heavy atom. The Morgan fingerprint density at radius 3 is 2.32 bits per heavy atom. The number of ketones is 1. The van der Waals surface area contributed by atoms with Crippen LogP contribution in [0, 0.1) is 6.92 Å². The van der Waals surface area contributed by atoms with Gasteiger partial charge >= 0.3 is 0 Å². The Hall–Kier alpha value is -2.88. The first-order valence-electron chi connectivity index (χ1n) is 6.90. The van der Waals surface area contributed by atoms with Crippen molar-refractivity contribution in [3.63, 3.8) is 0 Å². The minimum absolute atomic E-state index is 0.222. The van der Waals surface area contributed by atoms with Crippen molar-refractivity contribution >= 4 is 17.4 Å². The average molecular weight is 295 g/mol. The molecule has 4 heteroatoms. The molecule has 2 N–H and O–H groups in total. The van der Waals surface area contributed by atoms with E-state index in [2.05, 4.69) is 5.32 Å². The van der Waals surface area contributed by atoms with E-state index in [4.69, 9.17) is 0 Å². The van der Waals surface area contributed by atoms with Crippen LogP contribution in [-0.4, -0.2) is 16.8 Å². The molecule has 0 saturated heterocycles. The third-order valence-electron chi connectivity index (χ3n) is 3.13. The molecule has 0 fully saturated rings. The summed E-state index contributed by atoms with van der Waals surface area (Å²) < 4.78 is 0. The summed E-state index contributed by atoms with van der Waals surface area (Å²) in [6.45, 7) is 2.19. The zero-order valence-electron chi connectivity index (χ0n) is 12.2. The predicted octanol–water partition coefficient (Wildman–Crippen LogP) is 2.78. The van der Waals surface area contributed by atoms with Crippen molar-refractivity contribution in [1.82, 2.24) is 5.32 Å². The van der Waals surface area contributed by atoms with E-state index in [9.17, 15) is 14.7 Å². The maximum absolute atomic E-state index is 11.8. The molecule has 4 nitrogen and oxygen atoms in total. The number of amides is 1. The van der Waals surface area contributed by atoms with E-state index in [-0.39, 0.29) is 12.3 Å². The number of hydrogen-bond acceptors (Lipinski definition) is 3. The maximum Gasteiger partial charge on any atom is 0.292 e. The molecular weight excluding hydrogens is 278 g/mol. The summed E-state index contributed by atoms with van der Waals surface area (Å²) in [6, 6.07) is 16.3. The second-order valence-electron chi connectivity index (χ2n) is 4.93. The van der Waals surface area contributed by atoms with E-state index >= 15 is 0 Å². The summed E-state index contributed by atoms with van der Waals surface area (Å²) in [5.41, 5.74) is 2.44. The molecule has 0 bridgehead atoms. The lowest BCUT2D eigenvalue weighted by atomic mass is 10.1. The molecule has 0 aliphatic carbocycles. The van der Waals surface area contributed by atoms with Crippen molar-refractivity contribution in [3.8, 4) is 0 Å². The third-order valence-corrected chi connectivity index (χ3v) is 3.13. The number of aliphatic hydroxyl groups is 1. The van der Waals surface area contributed by atoms with Gasteiger partial charge in [0.2, 0.25) is 5.78 Å². The number of hydrogen-bond donors (Lipinski definition) is 2. The molecule has 2 aromatic carbocycles. The first-order valence-corrected chi connectivity index (χ1v) is 6.90. The van der Waals surface area contributed by atoms with Gasteiger partial charge in [0.1, 0.15) is 5.76 Å². The van der Waals surface area contributed by atoms with Gasteiger partial charge in [-0.1, -0.05) is 60.2 Å². The summed E-state index contributed by atoms with van der Waals surface area (Å²) in [7, 11) is 0. The Kier molecular flexibility index (Phi) is 5.09. The van der Waals surface area contributed by atoms with Gasteiger partial charge in [-0.3, -0.25) is 9.59 Å². The van der Waals surface area contributed by atoms with Crippen LogP contribution < -0.4 is 5.32 Å². The molecule has 0 spiro atoms. The minimum atomic E-state index is -0.783. The van der Waals surface area contributed by atoms with Crippen LogP contribution in [-0.2, 0) is 16.1 Å². The normalized spacial score (nSPS) is 11.0. The van der Waals surface area contributed by atoms with Gasteiger partial charge in [0, 0.05) is 18.2 Å². The minimum Gasteiger partial charge on any atom is -0.507 e. The lowest BCUT2D eigenvalue weighted by molar-refractivity contribution is -0.135. The van der Waals surface area contributed by atoms with Crippen LogP contribution in [0.15, 0.2) is 60.7 Å². The average Bonchev–Trinajstić information content (AvgIpc) is 2.54. The number of benzene rings is 2. The van der Waals surface area contributed by atoms with Crippen molar-refractivity contribution in [1.29, 1.82) is 0 Å². The molecule has 2 rings (SSSR count). The highest BCUT2D eigenvalue weighted by Crippen LogP contribution is 2.12. The smallest absolute Gasteiger partial charge is 0.292 e. The summed E-state index contributed by atoms with van der Waals surface area (Å²) >= 11 is 0. The van der Waals surface area contributed by atoms with Crippen LogP contribution in [0.1, 0.15) is 16.7 Å². The number of nitrogens with one attached hydrogen (secondary N) is 1. The predicted molar refractivity (Wildman–Crippen MR) is 85.1 cm³/mol. The molecule has 0 heterocycles. The molecule has 0 radical (unpaired) electrons. The molecule has 0 aromatic heterocycles. The first-order chi connectivity index (χ1) is 10.6. The molecule has 0 saturated carbocycles. The lowest BCUT2D eigenvalue weighted by Gasteiger charge is -2.04. The number of aryl methyl sites for hydroxylation is 1. The van der Waals surface area contributed by atoms with E-state index in [1.165, 1.54) is 0 Å². The van der Waals surface area contributed by atoms with Crippen molar-refractivity contribution in [3.05, 3.63) is 77.4 Å². The van der Waals surface area contributed by atoms with E-state index in [1.807, 2.05) is 49.4 Å². The monoisotopic (exact) mass is 295 g/mol. The molecule has 22 heavy (non-hydrogen) atoms. The number of carbonyl (C=O) groups excluding carboxylic acids is 2. The fourth-order valence-electron chi connectivity index (χ4n) is 1.86. The second kappa shape index (κ2) is 7.22. The second-order valence-corrected chi connectivity index (χ2v) is 4.93. The topological polar surface area (TPSA) is 66.4 Å². The van der Waals surface area contributed by atoms with Crippen molar-refractivity contribution in [2.45, 2.75) is 13.5 Å². The Bertz CT molecular complexity index is 688. The van der Waals surface area contributed by atoms with E-state index in [0.29, 0.717) is 5.56 Å². The SMILES string of the molecule is Cc1ccc(C(O)=CC(=O)C(=O)NCc2ccccc2)cc1. The van der Waals surface area contributed by atoms with E-state index in [1.54, 1.807) is 12.1 Å². The van der Waals surface area contributed by atoms with Crippen molar-refractivity contribution < 1.29 is 14.7 Å². The maximum atomic E-state index is 11.8. The van der Waals surface area contributed by atoms with Crippen LogP contribution in [0.25, 0.3) is 5.76 Å². The standard InChI is InChI=1S/C18H17NO3/c1-13-7-9-15(10-8-13)16(20)11-17(21)18(22)19-12-14-5-3-2-4-6-14/h2-11,20H,12H2,1H3,(H,19,22). The van der Waals surface area contributed by atoms with Crippen LogP contribution >= 0.6 is 0 Å². The van der Waals surface area contributed by atoms with Crippen LogP contribution in [0.3, 0.4) is 0 Å². The third kappa shape index (κ3) is 4.31. The summed E-state index contributed by atoms with van der Waals surface area (Å²) in [5, 5.41) is 12.4. The van der Waals surface area contributed by atoms with Crippen molar-refractivity contribution in [2.24, 2.45) is 0 Å². The highest BCUT2D eigenvalue weighted by atomic mass is 16.3. The van der Waals surface area contributed by atoms with Gasteiger partial charge in [-0.05, 0) is 12.5 Å². The zero-order valence-corrected chi connectivity index (χ0v) is 12.2. The Morgan fingerprint density at radius 2 is 1.68 bits per heavy atom. The first kappa shape index (κ1) is 15.5. The Balaban J connectivity index is 1.97. The summed E-state index contributed by atoms with van der Waals surface area (Å²) in [6.07, 6.45) is 0.936. The molecule has 0 aliphatic heterocycles. The van der Waals surface area contributed by atoms with Crippen LogP contribution in [0.2, 0.25) is 0 Å². The molecular formula is C18H17NO3.